The second-order valence-corrected chi connectivity index (χ2v) is 6.07. The topological polar surface area (TPSA) is 28.2 Å². The van der Waals surface area contributed by atoms with Crippen molar-refractivity contribution in [2.45, 2.75) is 39.4 Å². The first-order chi connectivity index (χ1) is 9.61. The van der Waals surface area contributed by atoms with Crippen LogP contribution in [-0.4, -0.2) is 35.1 Å². The van der Waals surface area contributed by atoms with Crippen molar-refractivity contribution in [2.75, 3.05) is 13.1 Å². The lowest BCUT2D eigenvalue weighted by molar-refractivity contribution is 0.139. The van der Waals surface area contributed by atoms with Crippen LogP contribution in [0.2, 0.25) is 0 Å². The molecule has 2 atom stereocenters. The van der Waals surface area contributed by atoms with Crippen LogP contribution in [0.15, 0.2) is 30.3 Å². The molecule has 3 rings (SSSR count). The highest BCUT2D eigenvalue weighted by Gasteiger charge is 2.22. The van der Waals surface area contributed by atoms with E-state index in [0.29, 0.717) is 12.1 Å². The summed E-state index contributed by atoms with van der Waals surface area (Å²) in [4.78, 5) is 7.13. The predicted molar refractivity (Wildman–Crippen MR) is 91.1 cm³/mol. The fourth-order valence-electron chi connectivity index (χ4n) is 2.93. The van der Waals surface area contributed by atoms with E-state index in [4.69, 9.17) is 0 Å². The average Bonchev–Trinajstić information content (AvgIpc) is 2.43. The number of aryl methyl sites for hydroxylation is 1. The largest absolute Gasteiger partial charge is 0.311 e. The van der Waals surface area contributed by atoms with Crippen molar-refractivity contribution < 1.29 is 0 Å². The minimum Gasteiger partial charge on any atom is -0.311 e. The first-order valence-electron chi connectivity index (χ1n) is 7.45. The van der Waals surface area contributed by atoms with Gasteiger partial charge in [0.05, 0.1) is 5.52 Å². The Kier molecular flexibility index (Phi) is 5.20. The molecule has 0 saturated carbocycles. The van der Waals surface area contributed by atoms with E-state index in [9.17, 15) is 0 Å². The maximum atomic E-state index is 4.57. The van der Waals surface area contributed by atoms with Crippen molar-refractivity contribution in [3.8, 4) is 0 Å². The van der Waals surface area contributed by atoms with Gasteiger partial charge in [-0.1, -0.05) is 12.1 Å². The van der Waals surface area contributed by atoms with Crippen LogP contribution in [0, 0.1) is 6.92 Å². The number of hydrogen-bond acceptors (Lipinski definition) is 3. The second kappa shape index (κ2) is 6.73. The fraction of sp³-hybridized carbons (Fsp3) is 0.471. The third kappa shape index (κ3) is 3.73. The standard InChI is InChI=1S/C17H23N3.ClH/c1-12-4-6-16-8-15(5-7-17(16)19-12)11-20-10-13(2)18-9-14(20)3;/h4-8,13-14,18H,9-11H2,1-3H3;1H. The van der Waals surface area contributed by atoms with Gasteiger partial charge in [0.15, 0.2) is 0 Å². The zero-order valence-corrected chi connectivity index (χ0v) is 13.8. The van der Waals surface area contributed by atoms with E-state index in [-0.39, 0.29) is 12.4 Å². The number of benzene rings is 1. The Labute approximate surface area is 133 Å². The van der Waals surface area contributed by atoms with Gasteiger partial charge in [-0.05, 0) is 44.5 Å². The van der Waals surface area contributed by atoms with E-state index in [1.165, 1.54) is 10.9 Å². The van der Waals surface area contributed by atoms with Gasteiger partial charge in [0.1, 0.15) is 0 Å². The van der Waals surface area contributed by atoms with Gasteiger partial charge in [-0.15, -0.1) is 12.4 Å². The van der Waals surface area contributed by atoms with E-state index in [2.05, 4.69) is 59.4 Å². The summed E-state index contributed by atoms with van der Waals surface area (Å²) in [5.74, 6) is 0. The minimum absolute atomic E-state index is 0. The van der Waals surface area contributed by atoms with E-state index in [1.807, 2.05) is 6.92 Å². The number of nitrogens with one attached hydrogen (secondary N) is 1. The van der Waals surface area contributed by atoms with Crippen LogP contribution in [0.3, 0.4) is 0 Å². The van der Waals surface area contributed by atoms with E-state index < -0.39 is 0 Å². The molecule has 0 amide bonds. The van der Waals surface area contributed by atoms with Gasteiger partial charge in [-0.2, -0.15) is 0 Å². The molecule has 21 heavy (non-hydrogen) atoms. The first kappa shape index (κ1) is 16.2. The van der Waals surface area contributed by atoms with Crippen molar-refractivity contribution >= 4 is 23.3 Å². The molecule has 1 aliphatic rings. The summed E-state index contributed by atoms with van der Waals surface area (Å²) >= 11 is 0. The number of nitrogens with zero attached hydrogens (tertiary/aromatic N) is 2. The van der Waals surface area contributed by atoms with Crippen LogP contribution in [0.1, 0.15) is 25.1 Å². The third-order valence-corrected chi connectivity index (χ3v) is 4.17. The molecule has 1 N–H and O–H groups in total. The molecule has 0 spiro atoms. The fourth-order valence-corrected chi connectivity index (χ4v) is 2.93. The number of rotatable bonds is 2. The molecule has 2 aromatic rings. The Hall–Kier alpha value is -1.16. The summed E-state index contributed by atoms with van der Waals surface area (Å²) in [6, 6.07) is 12.1. The maximum absolute atomic E-state index is 4.57. The van der Waals surface area contributed by atoms with Crippen LogP contribution in [0.25, 0.3) is 10.9 Å². The van der Waals surface area contributed by atoms with E-state index in [1.54, 1.807) is 0 Å². The Morgan fingerprint density at radius 2 is 2.05 bits per heavy atom. The molecule has 2 heterocycles. The normalized spacial score (nSPS) is 23.0. The Balaban J connectivity index is 0.00000161. The van der Waals surface area contributed by atoms with Crippen LogP contribution in [-0.2, 0) is 6.54 Å². The Bertz CT molecular complexity index is 614. The van der Waals surface area contributed by atoms with Gasteiger partial charge in [-0.25, -0.2) is 0 Å². The molecule has 0 aliphatic carbocycles. The molecule has 0 radical (unpaired) electrons. The molecule has 2 unspecified atom stereocenters. The second-order valence-electron chi connectivity index (χ2n) is 6.07. The molecule has 1 aromatic carbocycles. The highest BCUT2D eigenvalue weighted by molar-refractivity contribution is 5.85. The number of fused-ring (bicyclic) bond motifs is 1. The van der Waals surface area contributed by atoms with Crippen LogP contribution < -0.4 is 5.32 Å². The Morgan fingerprint density at radius 3 is 2.86 bits per heavy atom. The maximum Gasteiger partial charge on any atom is 0.0705 e. The quantitative estimate of drug-likeness (QED) is 0.924. The number of pyridine rings is 1. The molecule has 1 aromatic heterocycles. The van der Waals surface area contributed by atoms with Gasteiger partial charge in [0.2, 0.25) is 0 Å². The molecule has 3 nitrogen and oxygen atoms in total. The monoisotopic (exact) mass is 305 g/mol. The van der Waals surface area contributed by atoms with Crippen molar-refractivity contribution in [1.82, 2.24) is 15.2 Å². The van der Waals surface area contributed by atoms with Gasteiger partial charge < -0.3 is 5.32 Å². The lowest BCUT2D eigenvalue weighted by Gasteiger charge is -2.37. The van der Waals surface area contributed by atoms with Gasteiger partial charge in [-0.3, -0.25) is 9.88 Å². The summed E-state index contributed by atoms with van der Waals surface area (Å²) in [6.45, 7) is 9.81. The molecule has 0 bridgehead atoms. The van der Waals surface area contributed by atoms with Crippen molar-refractivity contribution in [3.63, 3.8) is 0 Å². The predicted octanol–water partition coefficient (Wildman–Crippen LogP) is 3.15. The molecular formula is C17H24ClN3. The number of halogens is 1. The van der Waals surface area contributed by atoms with E-state index in [0.717, 1.165) is 30.8 Å². The summed E-state index contributed by atoms with van der Waals surface area (Å²) in [7, 11) is 0. The summed E-state index contributed by atoms with van der Waals surface area (Å²) in [5, 5.41) is 4.77. The molecular weight excluding hydrogens is 282 g/mol. The molecule has 1 saturated heterocycles. The minimum atomic E-state index is 0. The lowest BCUT2D eigenvalue weighted by Crippen LogP contribution is -2.53. The third-order valence-electron chi connectivity index (χ3n) is 4.17. The average molecular weight is 306 g/mol. The molecule has 4 heteroatoms. The zero-order chi connectivity index (χ0) is 14.1. The van der Waals surface area contributed by atoms with Gasteiger partial charge >= 0.3 is 0 Å². The number of aromatic nitrogens is 1. The SMILES string of the molecule is Cc1ccc2cc(CN3CC(C)NCC3C)ccc2n1.Cl. The van der Waals surface area contributed by atoms with Gasteiger partial charge in [0.25, 0.3) is 0 Å². The highest BCUT2D eigenvalue weighted by atomic mass is 35.5. The number of hydrogen-bond donors (Lipinski definition) is 1. The van der Waals surface area contributed by atoms with Gasteiger partial charge in [0, 0.05) is 42.8 Å². The summed E-state index contributed by atoms with van der Waals surface area (Å²) < 4.78 is 0. The van der Waals surface area contributed by atoms with Crippen molar-refractivity contribution in [3.05, 3.63) is 41.6 Å². The summed E-state index contributed by atoms with van der Waals surface area (Å²) in [6.07, 6.45) is 0. The van der Waals surface area contributed by atoms with Crippen LogP contribution in [0.5, 0.6) is 0 Å². The van der Waals surface area contributed by atoms with Crippen LogP contribution >= 0.6 is 12.4 Å². The van der Waals surface area contributed by atoms with Crippen molar-refractivity contribution in [1.29, 1.82) is 0 Å². The zero-order valence-electron chi connectivity index (χ0n) is 13.0. The Morgan fingerprint density at radius 1 is 1.24 bits per heavy atom. The lowest BCUT2D eigenvalue weighted by atomic mass is 10.1. The smallest absolute Gasteiger partial charge is 0.0705 e. The molecule has 1 fully saturated rings. The van der Waals surface area contributed by atoms with Crippen LogP contribution in [0.4, 0.5) is 0 Å². The molecule has 1 aliphatic heterocycles. The highest BCUT2D eigenvalue weighted by Crippen LogP contribution is 2.18. The summed E-state index contributed by atoms with van der Waals surface area (Å²) in [5.41, 5.74) is 3.55. The molecule has 114 valence electrons. The van der Waals surface area contributed by atoms with E-state index >= 15 is 0 Å². The van der Waals surface area contributed by atoms with Crippen molar-refractivity contribution in [2.24, 2.45) is 0 Å². The first-order valence-corrected chi connectivity index (χ1v) is 7.45. The number of piperazine rings is 1.